The lowest BCUT2D eigenvalue weighted by Gasteiger charge is -2.08. The molecule has 0 amide bonds. The summed E-state index contributed by atoms with van der Waals surface area (Å²) in [6.45, 7) is 0. The Bertz CT molecular complexity index is 574. The Morgan fingerprint density at radius 3 is 2.56 bits per heavy atom. The minimum absolute atomic E-state index is 0.0502. The van der Waals surface area contributed by atoms with Crippen LogP contribution in [0.1, 0.15) is 27.9 Å². The van der Waals surface area contributed by atoms with Gasteiger partial charge < -0.3 is 5.11 Å². The first-order valence-electron chi connectivity index (χ1n) is 4.66. The van der Waals surface area contributed by atoms with Gasteiger partial charge in [-0.3, -0.25) is 0 Å². The largest absolute Gasteiger partial charge is 0.478 e. The number of benzene rings is 1. The van der Waals surface area contributed by atoms with Gasteiger partial charge in [0, 0.05) is 5.56 Å². The molecule has 0 aliphatic rings. The van der Waals surface area contributed by atoms with E-state index in [0.717, 1.165) is 12.1 Å². The maximum absolute atomic E-state index is 12.4. The first-order chi connectivity index (χ1) is 8.36. The minimum Gasteiger partial charge on any atom is -0.478 e. The van der Waals surface area contributed by atoms with Crippen LogP contribution in [0, 0.1) is 23.2 Å². The highest BCUT2D eigenvalue weighted by Crippen LogP contribution is 2.30. The molecule has 0 heterocycles. The lowest BCUT2D eigenvalue weighted by Crippen LogP contribution is -2.08. The molecule has 0 saturated heterocycles. The number of nitrogens with zero attached hydrogens (tertiary/aromatic N) is 1. The van der Waals surface area contributed by atoms with E-state index in [4.69, 9.17) is 10.4 Å². The van der Waals surface area contributed by atoms with E-state index in [9.17, 15) is 18.0 Å². The third kappa shape index (κ3) is 3.26. The van der Waals surface area contributed by atoms with Crippen LogP contribution >= 0.6 is 0 Å². The lowest BCUT2D eigenvalue weighted by atomic mass is 10.0. The van der Waals surface area contributed by atoms with E-state index in [2.05, 4.69) is 11.8 Å². The highest BCUT2D eigenvalue weighted by molar-refractivity contribution is 5.91. The van der Waals surface area contributed by atoms with E-state index < -0.39 is 23.3 Å². The molecule has 0 aliphatic carbocycles. The van der Waals surface area contributed by atoms with Crippen molar-refractivity contribution >= 4 is 5.97 Å². The molecule has 1 aromatic carbocycles. The van der Waals surface area contributed by atoms with Gasteiger partial charge in [0.05, 0.1) is 23.6 Å². The summed E-state index contributed by atoms with van der Waals surface area (Å²) in [5.74, 6) is 3.20. The molecule has 0 unspecified atom stereocenters. The molecule has 0 atom stereocenters. The molecule has 0 radical (unpaired) electrons. The van der Waals surface area contributed by atoms with Crippen LogP contribution in [-0.2, 0) is 6.18 Å². The number of rotatable bonds is 1. The molecule has 0 aliphatic heterocycles. The molecule has 6 heteroatoms. The van der Waals surface area contributed by atoms with Gasteiger partial charge in [-0.25, -0.2) is 4.79 Å². The Morgan fingerprint density at radius 2 is 2.06 bits per heavy atom. The Kier molecular flexibility index (Phi) is 3.96. The minimum atomic E-state index is -4.61. The Hall–Kier alpha value is -2.47. The molecular formula is C12H6F3NO2. The highest BCUT2D eigenvalue weighted by atomic mass is 19.4. The predicted octanol–water partition coefficient (Wildman–Crippen LogP) is 2.67. The topological polar surface area (TPSA) is 61.1 Å². The summed E-state index contributed by atoms with van der Waals surface area (Å²) in [5, 5.41) is 17.1. The predicted molar refractivity (Wildman–Crippen MR) is 55.5 cm³/mol. The van der Waals surface area contributed by atoms with Crippen molar-refractivity contribution in [3.05, 3.63) is 34.9 Å². The zero-order valence-electron chi connectivity index (χ0n) is 8.88. The average Bonchev–Trinajstić information content (AvgIpc) is 2.28. The summed E-state index contributed by atoms with van der Waals surface area (Å²) in [6.07, 6.45) is -4.73. The standard InChI is InChI=1S/C12H6F3NO2/c13-12(14,15)9-5-4-8(3-1-2-6-16)10(7-9)11(17)18/h4-5,7H,2H2,(H,17,18). The molecule has 1 N–H and O–H groups in total. The normalized spacial score (nSPS) is 10.1. The van der Waals surface area contributed by atoms with Gasteiger partial charge in [0.25, 0.3) is 0 Å². The summed E-state index contributed by atoms with van der Waals surface area (Å²) in [6, 6.07) is 3.98. The second-order valence-electron chi connectivity index (χ2n) is 3.20. The summed E-state index contributed by atoms with van der Waals surface area (Å²) in [7, 11) is 0. The molecule has 0 saturated carbocycles. The van der Waals surface area contributed by atoms with E-state index in [1.165, 1.54) is 0 Å². The SMILES string of the molecule is N#CCC#Cc1ccc(C(F)(F)F)cc1C(=O)O. The number of nitriles is 1. The summed E-state index contributed by atoms with van der Waals surface area (Å²) in [5.41, 5.74) is -1.63. The van der Waals surface area contributed by atoms with E-state index in [0.29, 0.717) is 6.07 Å². The molecule has 3 nitrogen and oxygen atoms in total. The van der Waals surface area contributed by atoms with Crippen LogP contribution in [0.4, 0.5) is 13.2 Å². The van der Waals surface area contributed by atoms with Gasteiger partial charge in [-0.1, -0.05) is 11.8 Å². The number of alkyl halides is 3. The summed E-state index contributed by atoms with van der Waals surface area (Å²) >= 11 is 0. The van der Waals surface area contributed by atoms with Crippen molar-refractivity contribution in [2.45, 2.75) is 12.6 Å². The summed E-state index contributed by atoms with van der Waals surface area (Å²) < 4.78 is 37.2. The maximum atomic E-state index is 12.4. The quantitative estimate of drug-likeness (QED) is 0.782. The number of hydrogen-bond acceptors (Lipinski definition) is 2. The Morgan fingerprint density at radius 1 is 1.39 bits per heavy atom. The first-order valence-corrected chi connectivity index (χ1v) is 4.66. The molecular weight excluding hydrogens is 247 g/mol. The highest BCUT2D eigenvalue weighted by Gasteiger charge is 2.31. The zero-order chi connectivity index (χ0) is 13.8. The Balaban J connectivity index is 3.28. The molecule has 92 valence electrons. The fraction of sp³-hybridized carbons (Fsp3) is 0.167. The van der Waals surface area contributed by atoms with Gasteiger partial charge in [0.15, 0.2) is 0 Å². The van der Waals surface area contributed by atoms with Gasteiger partial charge in [-0.05, 0) is 18.2 Å². The maximum Gasteiger partial charge on any atom is 0.416 e. The number of carboxylic acids is 1. The molecule has 1 rings (SSSR count). The number of aromatic carboxylic acids is 1. The van der Waals surface area contributed by atoms with Gasteiger partial charge in [-0.15, -0.1) is 0 Å². The van der Waals surface area contributed by atoms with Crippen molar-refractivity contribution in [2.24, 2.45) is 0 Å². The molecule has 0 spiro atoms. The summed E-state index contributed by atoms with van der Waals surface area (Å²) in [4.78, 5) is 10.8. The van der Waals surface area contributed by atoms with E-state index in [1.54, 1.807) is 6.07 Å². The second-order valence-corrected chi connectivity index (χ2v) is 3.20. The zero-order valence-corrected chi connectivity index (χ0v) is 8.88. The van der Waals surface area contributed by atoms with Crippen LogP contribution in [0.15, 0.2) is 18.2 Å². The van der Waals surface area contributed by atoms with Gasteiger partial charge in [0.2, 0.25) is 0 Å². The van der Waals surface area contributed by atoms with E-state index in [-0.39, 0.29) is 12.0 Å². The van der Waals surface area contributed by atoms with E-state index >= 15 is 0 Å². The van der Waals surface area contributed by atoms with Crippen molar-refractivity contribution in [2.75, 3.05) is 0 Å². The van der Waals surface area contributed by atoms with Gasteiger partial charge >= 0.3 is 12.1 Å². The monoisotopic (exact) mass is 253 g/mol. The lowest BCUT2D eigenvalue weighted by molar-refractivity contribution is -0.137. The third-order valence-corrected chi connectivity index (χ3v) is 1.97. The Labute approximate surface area is 100 Å². The average molecular weight is 253 g/mol. The van der Waals surface area contributed by atoms with Gasteiger partial charge in [0.1, 0.15) is 0 Å². The second kappa shape index (κ2) is 5.24. The van der Waals surface area contributed by atoms with Crippen LogP contribution in [0.5, 0.6) is 0 Å². The van der Waals surface area contributed by atoms with Crippen molar-refractivity contribution in [3.63, 3.8) is 0 Å². The third-order valence-electron chi connectivity index (χ3n) is 1.97. The fourth-order valence-corrected chi connectivity index (χ4v) is 1.19. The molecule has 1 aromatic rings. The number of halogens is 3. The van der Waals surface area contributed by atoms with E-state index in [1.807, 2.05) is 0 Å². The van der Waals surface area contributed by atoms with Crippen LogP contribution < -0.4 is 0 Å². The van der Waals surface area contributed by atoms with Crippen LogP contribution in [0.25, 0.3) is 0 Å². The van der Waals surface area contributed by atoms with Crippen molar-refractivity contribution in [1.29, 1.82) is 5.26 Å². The smallest absolute Gasteiger partial charge is 0.416 e. The first kappa shape index (κ1) is 13.6. The van der Waals surface area contributed by atoms with Crippen LogP contribution in [0.3, 0.4) is 0 Å². The number of carbonyl (C=O) groups is 1. The van der Waals surface area contributed by atoms with Crippen LogP contribution in [-0.4, -0.2) is 11.1 Å². The van der Waals surface area contributed by atoms with Crippen molar-refractivity contribution < 1.29 is 23.1 Å². The molecule has 0 fully saturated rings. The fourth-order valence-electron chi connectivity index (χ4n) is 1.19. The molecule has 18 heavy (non-hydrogen) atoms. The van der Waals surface area contributed by atoms with Crippen LogP contribution in [0.2, 0.25) is 0 Å². The number of hydrogen-bond donors (Lipinski definition) is 1. The number of carboxylic acid groups (broad SMARTS) is 1. The molecule has 0 aromatic heterocycles. The molecule has 0 bridgehead atoms. The van der Waals surface area contributed by atoms with Gasteiger partial charge in [-0.2, -0.15) is 18.4 Å². The van der Waals surface area contributed by atoms with Crippen molar-refractivity contribution in [3.8, 4) is 17.9 Å². The van der Waals surface area contributed by atoms with Crippen molar-refractivity contribution in [1.82, 2.24) is 0 Å².